The zero-order chi connectivity index (χ0) is 25.0. The van der Waals surface area contributed by atoms with Gasteiger partial charge in [0.15, 0.2) is 0 Å². The monoisotopic (exact) mass is 551 g/mol. The van der Waals surface area contributed by atoms with E-state index in [2.05, 4.69) is 9.62 Å². The lowest BCUT2D eigenvalue weighted by molar-refractivity contribution is -0.133. The van der Waals surface area contributed by atoms with E-state index in [1.165, 1.54) is 18.2 Å². The van der Waals surface area contributed by atoms with Crippen LogP contribution in [0.5, 0.6) is 0 Å². The van der Waals surface area contributed by atoms with Gasteiger partial charge in [0.1, 0.15) is 10.9 Å². The second-order valence-corrected chi connectivity index (χ2v) is 11.2. The van der Waals surface area contributed by atoms with Crippen molar-refractivity contribution in [2.75, 3.05) is 31.1 Å². The number of hydrogen-bond acceptors (Lipinski definition) is 4. The van der Waals surface area contributed by atoms with Crippen molar-refractivity contribution < 1.29 is 13.2 Å². The molecule has 6 nitrogen and oxygen atoms in total. The molecule has 0 unspecified atom stereocenters. The van der Waals surface area contributed by atoms with Gasteiger partial charge in [-0.25, -0.2) is 8.42 Å². The Balaban J connectivity index is 1.53. The first-order valence-corrected chi connectivity index (χ1v) is 13.7. The predicted molar refractivity (Wildman–Crippen MR) is 141 cm³/mol. The van der Waals surface area contributed by atoms with Gasteiger partial charge in [0.05, 0.1) is 5.02 Å². The van der Waals surface area contributed by atoms with Crippen LogP contribution in [0.2, 0.25) is 15.1 Å². The number of sulfonamides is 1. The summed E-state index contributed by atoms with van der Waals surface area (Å²) in [6, 6.07) is 20.1. The van der Waals surface area contributed by atoms with Gasteiger partial charge in [-0.2, -0.15) is 4.72 Å². The average Bonchev–Trinajstić information content (AvgIpc) is 2.85. The molecule has 0 aromatic heterocycles. The summed E-state index contributed by atoms with van der Waals surface area (Å²) in [6.07, 6.45) is 0.200. The molecule has 1 amide bonds. The number of nitrogens with one attached hydrogen (secondary N) is 1. The smallest absolute Gasteiger partial charge is 0.242 e. The molecule has 1 aliphatic rings. The summed E-state index contributed by atoms with van der Waals surface area (Å²) in [5.41, 5.74) is 1.82. The van der Waals surface area contributed by atoms with E-state index in [0.717, 1.165) is 11.3 Å². The summed E-state index contributed by atoms with van der Waals surface area (Å²) < 4.78 is 29.0. The number of nitrogens with zero attached hydrogens (tertiary/aromatic N) is 2. The van der Waals surface area contributed by atoms with E-state index in [1.807, 2.05) is 54.6 Å². The summed E-state index contributed by atoms with van der Waals surface area (Å²) in [5.74, 6) is -0.290. The number of hydrogen-bond donors (Lipinski definition) is 1. The molecule has 0 saturated carbocycles. The van der Waals surface area contributed by atoms with E-state index in [1.54, 1.807) is 4.90 Å². The highest BCUT2D eigenvalue weighted by Crippen LogP contribution is 2.26. The lowest BCUT2D eigenvalue weighted by atomic mass is 10.1. The SMILES string of the molecule is O=C([C@@H](Cc1ccccc1)NS(=O)(=O)c1cc(Cl)ccc1Cl)N1CCN(c2cccc(Cl)c2)CC1. The number of rotatable bonds is 7. The third kappa shape index (κ3) is 6.48. The van der Waals surface area contributed by atoms with Gasteiger partial charge >= 0.3 is 0 Å². The predicted octanol–water partition coefficient (Wildman–Crippen LogP) is 4.89. The van der Waals surface area contributed by atoms with Gasteiger partial charge in [0, 0.05) is 41.9 Å². The average molecular weight is 553 g/mol. The van der Waals surface area contributed by atoms with E-state index in [-0.39, 0.29) is 27.3 Å². The van der Waals surface area contributed by atoms with Crippen LogP contribution in [0.15, 0.2) is 77.7 Å². The molecule has 3 aromatic rings. The summed E-state index contributed by atoms with van der Waals surface area (Å²) in [7, 11) is -4.11. The molecule has 0 spiro atoms. The summed E-state index contributed by atoms with van der Waals surface area (Å²) >= 11 is 18.3. The third-order valence-electron chi connectivity index (χ3n) is 5.83. The fourth-order valence-corrected chi connectivity index (χ4v) is 6.18. The maximum Gasteiger partial charge on any atom is 0.242 e. The minimum atomic E-state index is -4.11. The molecular formula is C25H24Cl3N3O3S. The number of anilines is 1. The second-order valence-electron chi connectivity index (χ2n) is 8.23. The van der Waals surface area contributed by atoms with Crippen LogP contribution in [0.3, 0.4) is 0 Å². The Kier molecular flexibility index (Phi) is 8.24. The van der Waals surface area contributed by atoms with Crippen LogP contribution < -0.4 is 9.62 Å². The molecular weight excluding hydrogens is 529 g/mol. The molecule has 1 N–H and O–H groups in total. The van der Waals surface area contributed by atoms with Crippen LogP contribution in [-0.2, 0) is 21.2 Å². The van der Waals surface area contributed by atoms with Gasteiger partial charge in [-0.1, -0.05) is 71.2 Å². The standard InChI is InChI=1S/C25H24Cl3N3O3S/c26-19-7-4-8-21(16-19)30-11-13-31(14-12-30)25(32)23(15-18-5-2-1-3-6-18)29-35(33,34)24-17-20(27)9-10-22(24)28/h1-10,16-17,23,29H,11-15H2/t23-/m1/s1. The van der Waals surface area contributed by atoms with E-state index in [4.69, 9.17) is 34.8 Å². The maximum atomic E-state index is 13.6. The molecule has 1 saturated heterocycles. The molecule has 4 rings (SSSR count). The van der Waals surface area contributed by atoms with Crippen molar-refractivity contribution in [2.24, 2.45) is 0 Å². The topological polar surface area (TPSA) is 69.7 Å². The molecule has 1 fully saturated rings. The van der Waals surface area contributed by atoms with E-state index < -0.39 is 16.1 Å². The number of benzene rings is 3. The minimum absolute atomic E-state index is 0.0305. The Hall–Kier alpha value is -2.29. The fraction of sp³-hybridized carbons (Fsp3) is 0.240. The van der Waals surface area contributed by atoms with Crippen molar-refractivity contribution in [1.29, 1.82) is 0 Å². The number of carbonyl (C=O) groups is 1. The molecule has 3 aromatic carbocycles. The van der Waals surface area contributed by atoms with Crippen LogP contribution in [0, 0.1) is 0 Å². The fourth-order valence-electron chi connectivity index (χ4n) is 4.04. The van der Waals surface area contributed by atoms with Crippen LogP contribution in [0.25, 0.3) is 0 Å². The Labute approximate surface area is 220 Å². The van der Waals surface area contributed by atoms with Gasteiger partial charge in [-0.15, -0.1) is 0 Å². The molecule has 0 aliphatic carbocycles. The van der Waals surface area contributed by atoms with Crippen molar-refractivity contribution in [1.82, 2.24) is 9.62 Å². The van der Waals surface area contributed by atoms with Crippen LogP contribution in [-0.4, -0.2) is 51.4 Å². The van der Waals surface area contributed by atoms with Crippen LogP contribution >= 0.6 is 34.8 Å². The van der Waals surface area contributed by atoms with Crippen molar-refractivity contribution in [3.8, 4) is 0 Å². The summed E-state index contributed by atoms with van der Waals surface area (Å²) in [6.45, 7) is 2.13. The number of amides is 1. The van der Waals surface area contributed by atoms with E-state index in [9.17, 15) is 13.2 Å². The Morgan fingerprint density at radius 1 is 0.857 bits per heavy atom. The van der Waals surface area contributed by atoms with Gasteiger partial charge in [0.2, 0.25) is 15.9 Å². The normalized spacial score (nSPS) is 15.2. The first kappa shape index (κ1) is 25.8. The Morgan fingerprint density at radius 3 is 2.23 bits per heavy atom. The molecule has 10 heteroatoms. The summed E-state index contributed by atoms with van der Waals surface area (Å²) in [5, 5.41) is 0.916. The summed E-state index contributed by atoms with van der Waals surface area (Å²) in [4.78, 5) is 17.2. The first-order chi connectivity index (χ1) is 16.7. The largest absolute Gasteiger partial charge is 0.368 e. The second kappa shape index (κ2) is 11.2. The van der Waals surface area contributed by atoms with Gasteiger partial charge in [0.25, 0.3) is 0 Å². The van der Waals surface area contributed by atoms with Gasteiger partial charge in [-0.3, -0.25) is 4.79 Å². The highest BCUT2D eigenvalue weighted by molar-refractivity contribution is 7.89. The first-order valence-electron chi connectivity index (χ1n) is 11.0. The van der Waals surface area contributed by atoms with Gasteiger partial charge < -0.3 is 9.80 Å². The minimum Gasteiger partial charge on any atom is -0.368 e. The molecule has 1 atom stereocenters. The molecule has 0 bridgehead atoms. The molecule has 1 heterocycles. The number of piperazine rings is 1. The van der Waals surface area contributed by atoms with Crippen molar-refractivity contribution in [2.45, 2.75) is 17.4 Å². The highest BCUT2D eigenvalue weighted by Gasteiger charge is 2.32. The lowest BCUT2D eigenvalue weighted by Crippen LogP contribution is -2.55. The van der Waals surface area contributed by atoms with E-state index in [0.29, 0.717) is 31.2 Å². The molecule has 35 heavy (non-hydrogen) atoms. The number of halogens is 3. The van der Waals surface area contributed by atoms with Crippen molar-refractivity contribution in [3.63, 3.8) is 0 Å². The van der Waals surface area contributed by atoms with Crippen LogP contribution in [0.1, 0.15) is 5.56 Å². The zero-order valence-corrected chi connectivity index (χ0v) is 21.8. The molecule has 0 radical (unpaired) electrons. The van der Waals surface area contributed by atoms with Gasteiger partial charge in [-0.05, 0) is 48.4 Å². The number of carbonyl (C=O) groups excluding carboxylic acids is 1. The van der Waals surface area contributed by atoms with Crippen molar-refractivity contribution in [3.05, 3.63) is 93.4 Å². The Bertz CT molecular complexity index is 1300. The maximum absolute atomic E-state index is 13.6. The molecule has 184 valence electrons. The Morgan fingerprint density at radius 2 is 1.54 bits per heavy atom. The van der Waals surface area contributed by atoms with E-state index >= 15 is 0 Å². The highest BCUT2D eigenvalue weighted by atomic mass is 35.5. The van der Waals surface area contributed by atoms with Crippen molar-refractivity contribution >= 4 is 56.4 Å². The van der Waals surface area contributed by atoms with Crippen LogP contribution in [0.4, 0.5) is 5.69 Å². The quantitative estimate of drug-likeness (QED) is 0.453. The lowest BCUT2D eigenvalue weighted by Gasteiger charge is -2.37. The molecule has 1 aliphatic heterocycles. The third-order valence-corrected chi connectivity index (χ3v) is 8.25. The zero-order valence-electron chi connectivity index (χ0n) is 18.7.